The molecule has 9 nitrogen and oxygen atoms in total. The van der Waals surface area contributed by atoms with Gasteiger partial charge < -0.3 is 14.9 Å². The molecule has 0 amide bonds. The molecule has 34 heavy (non-hydrogen) atoms. The van der Waals surface area contributed by atoms with Crippen molar-refractivity contribution in [1.82, 2.24) is 24.9 Å². The monoisotopic (exact) mass is 475 g/mol. The molecule has 0 bridgehead atoms. The topological polar surface area (TPSA) is 107 Å². The molecule has 0 saturated carbocycles. The summed E-state index contributed by atoms with van der Waals surface area (Å²) in [6.45, 7) is 6.43. The van der Waals surface area contributed by atoms with Crippen LogP contribution in [0.15, 0.2) is 60.3 Å². The van der Waals surface area contributed by atoms with Crippen molar-refractivity contribution >= 4 is 22.9 Å². The minimum absolute atomic E-state index is 0.128. The first-order chi connectivity index (χ1) is 16.5. The molecule has 4 aromatic rings. The minimum Gasteiger partial charge on any atom is -0.383 e. The molecule has 0 radical (unpaired) electrons. The van der Waals surface area contributed by atoms with E-state index in [0.717, 1.165) is 32.5 Å². The second kappa shape index (κ2) is 10.9. The molecule has 0 aliphatic heterocycles. The van der Waals surface area contributed by atoms with E-state index in [9.17, 15) is 0 Å². The van der Waals surface area contributed by atoms with Crippen LogP contribution in [0, 0.1) is 6.92 Å². The van der Waals surface area contributed by atoms with E-state index >= 15 is 0 Å². The van der Waals surface area contributed by atoms with Gasteiger partial charge in [-0.25, -0.2) is 15.0 Å². The van der Waals surface area contributed by atoms with Crippen LogP contribution >= 0.6 is 11.3 Å². The number of nitrogens with zero attached hydrogens (tertiary/aromatic N) is 6. The Morgan fingerprint density at radius 2 is 1.97 bits per heavy atom. The van der Waals surface area contributed by atoms with Gasteiger partial charge in [-0.05, 0) is 51.1 Å². The zero-order chi connectivity index (χ0) is 23.9. The third-order valence-corrected chi connectivity index (χ3v) is 6.11. The second-order valence-electron chi connectivity index (χ2n) is 7.60. The minimum atomic E-state index is 0.128. The lowest BCUT2D eigenvalue weighted by Crippen LogP contribution is -2.21. The molecule has 0 aliphatic rings. The van der Waals surface area contributed by atoms with E-state index < -0.39 is 0 Å². The van der Waals surface area contributed by atoms with Crippen molar-refractivity contribution < 1.29 is 9.57 Å². The average molecular weight is 476 g/mol. The summed E-state index contributed by atoms with van der Waals surface area (Å²) in [5.41, 5.74) is 4.13. The number of aryl methyl sites for hydroxylation is 1. The number of thiazole rings is 1. The molecule has 0 saturated heterocycles. The Kier molecular flexibility index (Phi) is 7.51. The van der Waals surface area contributed by atoms with E-state index in [1.54, 1.807) is 43.2 Å². The van der Waals surface area contributed by atoms with Gasteiger partial charge in [0.15, 0.2) is 0 Å². The SMILES string of the molecule is COCC(C)Nc1cc(-c2ccnc(ON=C(C)c3sc(-c4cccnc4)nc3C)n2)ccn1. The van der Waals surface area contributed by atoms with Crippen molar-refractivity contribution in [3.05, 3.63) is 65.7 Å². The summed E-state index contributed by atoms with van der Waals surface area (Å²) in [4.78, 5) is 28.4. The quantitative estimate of drug-likeness (QED) is 0.276. The van der Waals surface area contributed by atoms with Crippen LogP contribution in [0.1, 0.15) is 24.4 Å². The number of anilines is 1. The van der Waals surface area contributed by atoms with Crippen LogP contribution in [-0.4, -0.2) is 50.4 Å². The number of pyridine rings is 2. The third kappa shape index (κ3) is 5.77. The van der Waals surface area contributed by atoms with Crippen molar-refractivity contribution in [3.63, 3.8) is 0 Å². The standard InChI is InChI=1S/C24H25N7O2S/c1-15(14-32-4)28-21-12-18(7-10-26-21)20-8-11-27-24(30-20)33-31-17(3)22-16(2)29-23(34-22)19-6-5-9-25-13-19/h5-13,15H,14H2,1-4H3,(H,26,28). The Bertz CT molecular complexity index is 1280. The largest absolute Gasteiger partial charge is 0.383 e. The number of ether oxygens (including phenoxy) is 1. The second-order valence-corrected chi connectivity index (χ2v) is 8.60. The lowest BCUT2D eigenvalue weighted by atomic mass is 10.2. The molecule has 0 aromatic carbocycles. The first-order valence-corrected chi connectivity index (χ1v) is 11.5. The fraction of sp³-hybridized carbons (Fsp3) is 0.250. The summed E-state index contributed by atoms with van der Waals surface area (Å²) in [6.07, 6.45) is 6.91. The van der Waals surface area contributed by atoms with Crippen LogP contribution in [0.3, 0.4) is 0 Å². The highest BCUT2D eigenvalue weighted by Gasteiger charge is 2.13. The molecular formula is C24H25N7O2S. The van der Waals surface area contributed by atoms with Gasteiger partial charge >= 0.3 is 6.01 Å². The molecule has 4 aromatic heterocycles. The zero-order valence-electron chi connectivity index (χ0n) is 19.4. The highest BCUT2D eigenvalue weighted by Crippen LogP contribution is 2.28. The molecule has 1 atom stereocenters. The molecule has 1 N–H and O–H groups in total. The van der Waals surface area contributed by atoms with Crippen molar-refractivity contribution in [3.8, 4) is 27.8 Å². The number of nitrogens with one attached hydrogen (secondary N) is 1. The van der Waals surface area contributed by atoms with Crippen LogP contribution in [0.25, 0.3) is 21.8 Å². The Labute approximate surface area is 202 Å². The van der Waals surface area contributed by atoms with Crippen LogP contribution < -0.4 is 10.2 Å². The van der Waals surface area contributed by atoms with Crippen molar-refractivity contribution in [2.45, 2.75) is 26.8 Å². The molecule has 174 valence electrons. The number of methoxy groups -OCH3 is 1. The summed E-state index contributed by atoms with van der Waals surface area (Å²) in [5.74, 6) is 0.738. The first-order valence-electron chi connectivity index (χ1n) is 10.7. The molecule has 10 heteroatoms. The van der Waals surface area contributed by atoms with E-state index in [1.807, 2.05) is 51.1 Å². The van der Waals surface area contributed by atoms with Crippen molar-refractivity contribution in [1.29, 1.82) is 0 Å². The van der Waals surface area contributed by atoms with Crippen LogP contribution in [0.2, 0.25) is 0 Å². The van der Waals surface area contributed by atoms with E-state index in [1.165, 1.54) is 0 Å². The van der Waals surface area contributed by atoms with Gasteiger partial charge in [0.25, 0.3) is 0 Å². The summed E-state index contributed by atoms with van der Waals surface area (Å²) in [6, 6.07) is 9.78. The Morgan fingerprint density at radius 3 is 2.76 bits per heavy atom. The van der Waals surface area contributed by atoms with Crippen LogP contribution in [0.5, 0.6) is 6.01 Å². The van der Waals surface area contributed by atoms with Crippen molar-refractivity contribution in [2.24, 2.45) is 5.16 Å². The van der Waals surface area contributed by atoms with Gasteiger partial charge in [-0.2, -0.15) is 4.98 Å². The average Bonchev–Trinajstić information content (AvgIpc) is 3.25. The first kappa shape index (κ1) is 23.4. The van der Waals surface area contributed by atoms with Gasteiger partial charge in [0.1, 0.15) is 10.8 Å². The van der Waals surface area contributed by atoms with Gasteiger partial charge in [0.05, 0.1) is 28.6 Å². The maximum absolute atomic E-state index is 5.57. The summed E-state index contributed by atoms with van der Waals surface area (Å²) < 4.78 is 5.17. The highest BCUT2D eigenvalue weighted by atomic mass is 32.1. The molecular weight excluding hydrogens is 450 g/mol. The van der Waals surface area contributed by atoms with Crippen LogP contribution in [-0.2, 0) is 4.74 Å². The van der Waals surface area contributed by atoms with Gasteiger partial charge in [0.2, 0.25) is 0 Å². The molecule has 1 unspecified atom stereocenters. The molecule has 4 heterocycles. The van der Waals surface area contributed by atoms with Gasteiger partial charge in [-0.15, -0.1) is 11.3 Å². The summed E-state index contributed by atoms with van der Waals surface area (Å²) >= 11 is 1.54. The molecule has 0 spiro atoms. The van der Waals surface area contributed by atoms with Gasteiger partial charge in [0, 0.05) is 49.1 Å². The Hall–Kier alpha value is -3.76. The number of hydrogen-bond donors (Lipinski definition) is 1. The van der Waals surface area contributed by atoms with Gasteiger partial charge in [-0.1, -0.05) is 5.16 Å². The fourth-order valence-corrected chi connectivity index (χ4v) is 4.25. The van der Waals surface area contributed by atoms with Crippen molar-refractivity contribution in [2.75, 3.05) is 19.0 Å². The number of hydrogen-bond acceptors (Lipinski definition) is 10. The predicted molar refractivity (Wildman–Crippen MR) is 133 cm³/mol. The molecule has 4 rings (SSSR count). The van der Waals surface area contributed by atoms with E-state index in [4.69, 9.17) is 9.57 Å². The van der Waals surface area contributed by atoms with E-state index in [2.05, 4.69) is 35.4 Å². The predicted octanol–water partition coefficient (Wildman–Crippen LogP) is 4.62. The number of aromatic nitrogens is 5. The Morgan fingerprint density at radius 1 is 1.12 bits per heavy atom. The lowest BCUT2D eigenvalue weighted by molar-refractivity contribution is 0.190. The maximum Gasteiger partial charge on any atom is 0.346 e. The zero-order valence-corrected chi connectivity index (χ0v) is 20.2. The molecule has 0 fully saturated rings. The Balaban J connectivity index is 1.50. The van der Waals surface area contributed by atoms with E-state index in [0.29, 0.717) is 18.0 Å². The summed E-state index contributed by atoms with van der Waals surface area (Å²) in [7, 11) is 1.67. The highest BCUT2D eigenvalue weighted by molar-refractivity contribution is 7.17. The summed E-state index contributed by atoms with van der Waals surface area (Å²) in [5, 5.41) is 8.44. The fourth-order valence-electron chi connectivity index (χ4n) is 3.25. The lowest BCUT2D eigenvalue weighted by Gasteiger charge is -2.13. The number of oxime groups is 1. The molecule has 0 aliphatic carbocycles. The maximum atomic E-state index is 5.57. The third-order valence-electron chi connectivity index (χ3n) is 4.80. The van der Waals surface area contributed by atoms with Crippen LogP contribution in [0.4, 0.5) is 5.82 Å². The van der Waals surface area contributed by atoms with Gasteiger partial charge in [-0.3, -0.25) is 4.98 Å². The smallest absolute Gasteiger partial charge is 0.346 e. The number of rotatable bonds is 9. The normalized spacial score (nSPS) is 12.4. The van der Waals surface area contributed by atoms with E-state index in [-0.39, 0.29) is 12.1 Å².